The van der Waals surface area contributed by atoms with Crippen molar-refractivity contribution in [1.82, 2.24) is 4.90 Å². The Kier molecular flexibility index (Phi) is 6.26. The number of ether oxygens (including phenoxy) is 1. The van der Waals surface area contributed by atoms with Crippen LogP contribution in [-0.2, 0) is 9.53 Å². The topological polar surface area (TPSA) is 87.2 Å². The number of fused-ring (bicyclic) bond motifs is 1. The number of phenols is 1. The summed E-state index contributed by atoms with van der Waals surface area (Å²) in [6.45, 7) is 2.42. The average molecular weight is 450 g/mol. The number of aromatic hydroxyl groups is 1. The van der Waals surface area contributed by atoms with Gasteiger partial charge >= 0.3 is 5.97 Å². The van der Waals surface area contributed by atoms with Crippen molar-refractivity contribution in [1.29, 1.82) is 0 Å². The van der Waals surface area contributed by atoms with Gasteiger partial charge in [0.15, 0.2) is 12.4 Å². The van der Waals surface area contributed by atoms with Crippen molar-refractivity contribution in [3.8, 4) is 5.75 Å². The third-order valence-electron chi connectivity index (χ3n) is 5.77. The number of nitrogens with zero attached hydrogens (tertiary/aromatic N) is 2. The zero-order valence-electron chi connectivity index (χ0n) is 18.1. The van der Waals surface area contributed by atoms with Gasteiger partial charge in [-0.15, -0.1) is 0 Å². The van der Waals surface area contributed by atoms with Gasteiger partial charge in [0.05, 0.1) is 5.69 Å². The summed E-state index contributed by atoms with van der Waals surface area (Å²) < 4.78 is 19.5. The molecule has 1 amide bonds. The molecule has 0 unspecified atom stereocenters. The van der Waals surface area contributed by atoms with Crippen molar-refractivity contribution in [2.45, 2.75) is 6.92 Å². The SMILES string of the molecule is CC(=O)c1ccc(N2CCN(C(=O)COC(=O)c3ccc4ccccc4c3O)CC2)c(F)c1. The van der Waals surface area contributed by atoms with Gasteiger partial charge in [0.1, 0.15) is 17.1 Å². The second-order valence-corrected chi connectivity index (χ2v) is 7.85. The molecule has 170 valence electrons. The molecule has 8 heteroatoms. The fourth-order valence-corrected chi connectivity index (χ4v) is 3.90. The highest BCUT2D eigenvalue weighted by Gasteiger charge is 2.24. The van der Waals surface area contributed by atoms with Gasteiger partial charge in [0.2, 0.25) is 0 Å². The number of hydrogen-bond donors (Lipinski definition) is 1. The third-order valence-corrected chi connectivity index (χ3v) is 5.77. The summed E-state index contributed by atoms with van der Waals surface area (Å²) in [4.78, 5) is 39.7. The van der Waals surface area contributed by atoms with Crippen molar-refractivity contribution >= 4 is 34.1 Å². The molecule has 1 heterocycles. The van der Waals surface area contributed by atoms with Crippen LogP contribution in [0.25, 0.3) is 10.8 Å². The molecule has 3 aromatic carbocycles. The van der Waals surface area contributed by atoms with E-state index in [0.717, 1.165) is 5.39 Å². The first-order valence-corrected chi connectivity index (χ1v) is 10.6. The number of Topliss-reactive ketones (excluding diaryl/α,β-unsaturated/α-hetero) is 1. The largest absolute Gasteiger partial charge is 0.506 e. The number of phenolic OH excluding ortho intramolecular Hbond substituents is 1. The Hall–Kier alpha value is -3.94. The molecule has 33 heavy (non-hydrogen) atoms. The maximum atomic E-state index is 14.4. The van der Waals surface area contributed by atoms with Crippen molar-refractivity contribution in [2.24, 2.45) is 0 Å². The zero-order valence-corrected chi connectivity index (χ0v) is 18.1. The van der Waals surface area contributed by atoms with Gasteiger partial charge in [-0.2, -0.15) is 0 Å². The summed E-state index contributed by atoms with van der Waals surface area (Å²) in [5.41, 5.74) is 0.686. The molecule has 0 radical (unpaired) electrons. The zero-order chi connectivity index (χ0) is 23.5. The van der Waals surface area contributed by atoms with Crippen LogP contribution in [0.4, 0.5) is 10.1 Å². The first-order valence-electron chi connectivity index (χ1n) is 10.6. The summed E-state index contributed by atoms with van der Waals surface area (Å²) >= 11 is 0. The van der Waals surface area contributed by atoms with Gasteiger partial charge in [-0.05, 0) is 36.6 Å². The minimum atomic E-state index is -0.780. The summed E-state index contributed by atoms with van der Waals surface area (Å²) in [6, 6.07) is 14.6. The van der Waals surface area contributed by atoms with E-state index in [9.17, 15) is 23.9 Å². The van der Waals surface area contributed by atoms with Crippen LogP contribution < -0.4 is 4.90 Å². The number of carbonyl (C=O) groups is 3. The fraction of sp³-hybridized carbons (Fsp3) is 0.240. The van der Waals surface area contributed by atoms with Crippen LogP contribution in [0.1, 0.15) is 27.6 Å². The van der Waals surface area contributed by atoms with Crippen LogP contribution >= 0.6 is 0 Å². The molecule has 1 N–H and O–H groups in total. The predicted molar refractivity (Wildman–Crippen MR) is 121 cm³/mol. The first kappa shape index (κ1) is 22.3. The number of amides is 1. The number of esters is 1. The van der Waals surface area contributed by atoms with E-state index in [1.807, 2.05) is 17.0 Å². The van der Waals surface area contributed by atoms with Gasteiger partial charge in [-0.3, -0.25) is 9.59 Å². The quantitative estimate of drug-likeness (QED) is 0.474. The second-order valence-electron chi connectivity index (χ2n) is 7.85. The summed E-state index contributed by atoms with van der Waals surface area (Å²) in [6.07, 6.45) is 0. The van der Waals surface area contributed by atoms with Crippen molar-refractivity contribution < 1.29 is 28.6 Å². The number of piperazine rings is 1. The predicted octanol–water partition coefficient (Wildman–Crippen LogP) is 3.39. The lowest BCUT2D eigenvalue weighted by molar-refractivity contribution is -0.134. The number of hydrogen-bond acceptors (Lipinski definition) is 6. The molecule has 0 aromatic heterocycles. The van der Waals surface area contributed by atoms with Gasteiger partial charge in [-0.25, -0.2) is 9.18 Å². The van der Waals surface area contributed by atoms with Crippen LogP contribution in [0.15, 0.2) is 54.6 Å². The number of benzene rings is 3. The lowest BCUT2D eigenvalue weighted by Crippen LogP contribution is -2.50. The molecule has 4 rings (SSSR count). The second kappa shape index (κ2) is 9.28. The maximum Gasteiger partial charge on any atom is 0.342 e. The molecule has 0 bridgehead atoms. The summed E-state index contributed by atoms with van der Waals surface area (Å²) in [5.74, 6) is -2.01. The average Bonchev–Trinajstić information content (AvgIpc) is 2.82. The molecule has 1 fully saturated rings. The maximum absolute atomic E-state index is 14.4. The van der Waals surface area contributed by atoms with Gasteiger partial charge in [-0.1, -0.05) is 30.3 Å². The highest BCUT2D eigenvalue weighted by molar-refractivity contribution is 6.01. The monoisotopic (exact) mass is 450 g/mol. The molecule has 1 aliphatic rings. The van der Waals surface area contributed by atoms with Gasteiger partial charge < -0.3 is 19.6 Å². The molecule has 0 saturated carbocycles. The van der Waals surface area contributed by atoms with Crippen molar-refractivity contribution in [3.63, 3.8) is 0 Å². The fourth-order valence-electron chi connectivity index (χ4n) is 3.90. The van der Waals surface area contributed by atoms with Crippen LogP contribution in [0.5, 0.6) is 5.75 Å². The lowest BCUT2D eigenvalue weighted by atomic mass is 10.1. The highest BCUT2D eigenvalue weighted by Crippen LogP contribution is 2.29. The van der Waals surface area contributed by atoms with E-state index in [4.69, 9.17) is 4.74 Å². The van der Waals surface area contributed by atoms with Crippen molar-refractivity contribution in [2.75, 3.05) is 37.7 Å². The van der Waals surface area contributed by atoms with E-state index in [-0.39, 0.29) is 23.0 Å². The molecule has 0 atom stereocenters. The van der Waals surface area contributed by atoms with Crippen LogP contribution in [0.2, 0.25) is 0 Å². The summed E-state index contributed by atoms with van der Waals surface area (Å²) in [7, 11) is 0. The summed E-state index contributed by atoms with van der Waals surface area (Å²) in [5, 5.41) is 11.7. The number of ketones is 1. The number of carbonyl (C=O) groups excluding carboxylic acids is 3. The number of anilines is 1. The van der Waals surface area contributed by atoms with E-state index in [0.29, 0.717) is 42.8 Å². The molecule has 0 aliphatic carbocycles. The van der Waals surface area contributed by atoms with Gasteiger partial charge in [0.25, 0.3) is 5.91 Å². The third kappa shape index (κ3) is 4.64. The molecular formula is C25H23FN2O5. The molecule has 3 aromatic rings. The molecule has 0 spiro atoms. The minimum Gasteiger partial charge on any atom is -0.506 e. The van der Waals surface area contributed by atoms with E-state index in [2.05, 4.69) is 0 Å². The molecule has 1 aliphatic heterocycles. The standard InChI is InChI=1S/C25H23FN2O5/c1-16(29)18-7-9-22(21(26)14-18)27-10-12-28(13-11-27)23(30)15-33-25(32)20-8-6-17-4-2-3-5-19(17)24(20)31/h2-9,14,31H,10-13,15H2,1H3. The van der Waals surface area contributed by atoms with E-state index < -0.39 is 18.4 Å². The Morgan fingerprint density at radius 2 is 1.73 bits per heavy atom. The molecule has 1 saturated heterocycles. The van der Waals surface area contributed by atoms with E-state index >= 15 is 0 Å². The van der Waals surface area contributed by atoms with Crippen molar-refractivity contribution in [3.05, 3.63) is 71.5 Å². The van der Waals surface area contributed by atoms with Crippen LogP contribution in [-0.4, -0.2) is 60.5 Å². The Morgan fingerprint density at radius 1 is 1.00 bits per heavy atom. The van der Waals surface area contributed by atoms with E-state index in [1.54, 1.807) is 35.2 Å². The van der Waals surface area contributed by atoms with E-state index in [1.165, 1.54) is 19.1 Å². The smallest absolute Gasteiger partial charge is 0.342 e. The Labute approximate surface area is 190 Å². The highest BCUT2D eigenvalue weighted by atomic mass is 19.1. The Morgan fingerprint density at radius 3 is 2.42 bits per heavy atom. The first-order chi connectivity index (χ1) is 15.8. The number of rotatable bonds is 5. The normalized spacial score (nSPS) is 13.8. The lowest BCUT2D eigenvalue weighted by Gasteiger charge is -2.36. The van der Waals surface area contributed by atoms with Crippen LogP contribution in [0.3, 0.4) is 0 Å². The molecular weight excluding hydrogens is 427 g/mol. The van der Waals surface area contributed by atoms with Gasteiger partial charge in [0, 0.05) is 37.1 Å². The molecule has 7 nitrogen and oxygen atoms in total. The number of halogens is 1. The Bertz CT molecular complexity index is 1230. The van der Waals surface area contributed by atoms with Crippen LogP contribution in [0, 0.1) is 5.82 Å². The Balaban J connectivity index is 1.33. The minimum absolute atomic E-state index is 0.00389.